The molecular formula is C13H16N4OS. The number of rotatable bonds is 5. The van der Waals surface area contributed by atoms with E-state index in [9.17, 15) is 4.79 Å². The summed E-state index contributed by atoms with van der Waals surface area (Å²) in [4.78, 5) is 23.2. The third-order valence-corrected chi connectivity index (χ3v) is 3.87. The second-order valence-electron chi connectivity index (χ2n) is 4.91. The van der Waals surface area contributed by atoms with Crippen molar-refractivity contribution < 1.29 is 0 Å². The number of thiazole rings is 1. The van der Waals surface area contributed by atoms with Crippen LogP contribution in [-0.4, -0.2) is 15.0 Å². The molecule has 0 spiro atoms. The minimum Gasteiger partial charge on any atom is -0.310 e. The fourth-order valence-corrected chi connectivity index (χ4v) is 2.62. The molecule has 2 heterocycles. The van der Waals surface area contributed by atoms with Crippen LogP contribution in [0.25, 0.3) is 0 Å². The Bertz CT molecular complexity index is 603. The normalized spacial score (nSPS) is 16.5. The van der Waals surface area contributed by atoms with Crippen LogP contribution in [0.2, 0.25) is 0 Å². The van der Waals surface area contributed by atoms with Crippen molar-refractivity contribution in [3.63, 3.8) is 0 Å². The highest BCUT2D eigenvalue weighted by Gasteiger charge is 2.26. The molecule has 2 aromatic heterocycles. The van der Waals surface area contributed by atoms with Gasteiger partial charge >= 0.3 is 0 Å². The van der Waals surface area contributed by atoms with E-state index in [1.807, 2.05) is 10.9 Å². The number of hydrogen-bond donors (Lipinski definition) is 2. The molecule has 2 N–H and O–H groups in total. The fourth-order valence-electron chi connectivity index (χ4n) is 1.97. The Hall–Kier alpha value is -1.53. The van der Waals surface area contributed by atoms with Crippen molar-refractivity contribution in [3.8, 4) is 0 Å². The van der Waals surface area contributed by atoms with Crippen molar-refractivity contribution in [2.75, 3.05) is 0 Å². The van der Waals surface area contributed by atoms with Gasteiger partial charge < -0.3 is 10.3 Å². The Balaban J connectivity index is 1.68. The van der Waals surface area contributed by atoms with Crippen molar-refractivity contribution in [2.45, 2.75) is 38.3 Å². The predicted octanol–water partition coefficient (Wildman–Crippen LogP) is 1.95. The van der Waals surface area contributed by atoms with Gasteiger partial charge in [-0.3, -0.25) is 4.79 Å². The molecule has 1 aliphatic carbocycles. The summed E-state index contributed by atoms with van der Waals surface area (Å²) in [5.74, 6) is 1.30. The fraction of sp³-hybridized carbons (Fsp3) is 0.462. The zero-order valence-electron chi connectivity index (χ0n) is 10.7. The quantitative estimate of drug-likeness (QED) is 0.875. The van der Waals surface area contributed by atoms with Crippen LogP contribution in [0, 0.1) is 0 Å². The summed E-state index contributed by atoms with van der Waals surface area (Å²) in [6.07, 6.45) is 2.27. The first kappa shape index (κ1) is 12.5. The average Bonchev–Trinajstić information content (AvgIpc) is 3.11. The number of H-pyrrole nitrogens is 1. The molecule has 1 aliphatic rings. The number of aromatic nitrogens is 3. The van der Waals surface area contributed by atoms with E-state index in [1.165, 1.54) is 0 Å². The second-order valence-corrected chi connectivity index (χ2v) is 5.63. The standard InChI is InChI=1S/C13H16N4OS/c1-8(11-6-19-7-15-11)14-5-10-4-12(18)17-13(16-10)9-2-3-9/h4,6-9,14H,2-3,5H2,1H3,(H,16,17,18). The van der Waals surface area contributed by atoms with Crippen LogP contribution >= 0.6 is 11.3 Å². The maximum absolute atomic E-state index is 11.6. The van der Waals surface area contributed by atoms with E-state index < -0.39 is 0 Å². The van der Waals surface area contributed by atoms with Gasteiger partial charge in [0.15, 0.2) is 0 Å². The van der Waals surface area contributed by atoms with E-state index >= 15 is 0 Å². The molecule has 19 heavy (non-hydrogen) atoms. The summed E-state index contributed by atoms with van der Waals surface area (Å²) in [7, 11) is 0. The molecule has 0 saturated heterocycles. The lowest BCUT2D eigenvalue weighted by atomic mass is 10.2. The molecule has 1 saturated carbocycles. The second kappa shape index (κ2) is 5.22. The molecule has 1 unspecified atom stereocenters. The molecule has 0 amide bonds. The van der Waals surface area contributed by atoms with E-state index in [0.29, 0.717) is 12.5 Å². The van der Waals surface area contributed by atoms with Crippen molar-refractivity contribution in [1.82, 2.24) is 20.3 Å². The van der Waals surface area contributed by atoms with Crippen molar-refractivity contribution in [1.29, 1.82) is 0 Å². The minimum absolute atomic E-state index is 0.0602. The van der Waals surface area contributed by atoms with E-state index in [1.54, 1.807) is 17.4 Å². The number of hydrogen-bond acceptors (Lipinski definition) is 5. The third kappa shape index (κ3) is 3.08. The van der Waals surface area contributed by atoms with Crippen LogP contribution in [-0.2, 0) is 6.54 Å². The molecule has 3 rings (SSSR count). The summed E-state index contributed by atoms with van der Waals surface area (Å²) >= 11 is 1.58. The zero-order chi connectivity index (χ0) is 13.2. The lowest BCUT2D eigenvalue weighted by Gasteiger charge is -2.11. The minimum atomic E-state index is -0.0602. The number of aromatic amines is 1. The predicted molar refractivity (Wildman–Crippen MR) is 74.2 cm³/mol. The highest BCUT2D eigenvalue weighted by atomic mass is 32.1. The molecule has 0 bridgehead atoms. The van der Waals surface area contributed by atoms with Crippen LogP contribution in [0.4, 0.5) is 0 Å². The van der Waals surface area contributed by atoms with Gasteiger partial charge in [0.2, 0.25) is 0 Å². The maximum Gasteiger partial charge on any atom is 0.251 e. The Morgan fingerprint density at radius 2 is 2.42 bits per heavy atom. The summed E-state index contributed by atoms with van der Waals surface area (Å²) < 4.78 is 0. The average molecular weight is 276 g/mol. The molecule has 5 nitrogen and oxygen atoms in total. The molecule has 100 valence electrons. The number of nitrogens with zero attached hydrogens (tertiary/aromatic N) is 2. The first-order valence-electron chi connectivity index (χ1n) is 6.44. The molecular weight excluding hydrogens is 260 g/mol. The molecule has 2 aromatic rings. The largest absolute Gasteiger partial charge is 0.310 e. The number of nitrogens with one attached hydrogen (secondary N) is 2. The Morgan fingerprint density at radius 3 is 3.11 bits per heavy atom. The van der Waals surface area contributed by atoms with E-state index in [0.717, 1.165) is 30.1 Å². The molecule has 0 aliphatic heterocycles. The topological polar surface area (TPSA) is 70.7 Å². The highest BCUT2D eigenvalue weighted by Crippen LogP contribution is 2.37. The molecule has 0 aromatic carbocycles. The zero-order valence-corrected chi connectivity index (χ0v) is 11.5. The van der Waals surface area contributed by atoms with Gasteiger partial charge in [-0.05, 0) is 19.8 Å². The first-order chi connectivity index (χ1) is 9.22. The Kier molecular flexibility index (Phi) is 3.44. The SMILES string of the molecule is CC(NCc1cc(=O)[nH]c(C2CC2)n1)c1cscn1. The van der Waals surface area contributed by atoms with Gasteiger partial charge in [0.25, 0.3) is 5.56 Å². The molecule has 6 heteroatoms. The van der Waals surface area contributed by atoms with Crippen molar-refractivity contribution >= 4 is 11.3 Å². The van der Waals surface area contributed by atoms with Gasteiger partial charge in [0.05, 0.1) is 16.9 Å². The molecule has 1 fully saturated rings. The van der Waals surface area contributed by atoms with Crippen LogP contribution in [0.1, 0.15) is 48.9 Å². The van der Waals surface area contributed by atoms with Gasteiger partial charge in [-0.25, -0.2) is 9.97 Å². The van der Waals surface area contributed by atoms with Gasteiger partial charge in [-0.15, -0.1) is 11.3 Å². The Labute approximate surface area is 115 Å². The van der Waals surface area contributed by atoms with E-state index in [4.69, 9.17) is 0 Å². The van der Waals surface area contributed by atoms with Gasteiger partial charge in [0, 0.05) is 30.0 Å². The lowest BCUT2D eigenvalue weighted by molar-refractivity contribution is 0.555. The van der Waals surface area contributed by atoms with Crippen LogP contribution < -0.4 is 10.9 Å². The summed E-state index contributed by atoms with van der Waals surface area (Å²) in [5, 5.41) is 5.37. The van der Waals surface area contributed by atoms with Gasteiger partial charge in [-0.2, -0.15) is 0 Å². The maximum atomic E-state index is 11.6. The van der Waals surface area contributed by atoms with Crippen LogP contribution in [0.15, 0.2) is 21.8 Å². The summed E-state index contributed by atoms with van der Waals surface area (Å²) in [6, 6.07) is 1.73. The summed E-state index contributed by atoms with van der Waals surface area (Å²) in [5.41, 5.74) is 3.59. The smallest absolute Gasteiger partial charge is 0.251 e. The monoisotopic (exact) mass is 276 g/mol. The molecule has 1 atom stereocenters. The van der Waals surface area contributed by atoms with Crippen LogP contribution in [0.5, 0.6) is 0 Å². The van der Waals surface area contributed by atoms with Crippen LogP contribution in [0.3, 0.4) is 0 Å². The van der Waals surface area contributed by atoms with Crippen molar-refractivity contribution in [2.24, 2.45) is 0 Å². The highest BCUT2D eigenvalue weighted by molar-refractivity contribution is 7.07. The first-order valence-corrected chi connectivity index (χ1v) is 7.38. The Morgan fingerprint density at radius 1 is 1.58 bits per heavy atom. The van der Waals surface area contributed by atoms with E-state index in [2.05, 4.69) is 27.2 Å². The summed E-state index contributed by atoms with van der Waals surface area (Å²) in [6.45, 7) is 2.65. The lowest BCUT2D eigenvalue weighted by Crippen LogP contribution is -2.21. The van der Waals surface area contributed by atoms with Gasteiger partial charge in [-0.1, -0.05) is 0 Å². The van der Waals surface area contributed by atoms with E-state index in [-0.39, 0.29) is 11.6 Å². The third-order valence-electron chi connectivity index (χ3n) is 3.26. The molecule has 0 radical (unpaired) electrons. The van der Waals surface area contributed by atoms with Crippen molar-refractivity contribution in [3.05, 3.63) is 44.5 Å². The van der Waals surface area contributed by atoms with Gasteiger partial charge in [0.1, 0.15) is 5.82 Å².